The highest BCUT2D eigenvalue weighted by atomic mass is 79.9. The van der Waals surface area contributed by atoms with E-state index in [-0.39, 0.29) is 12.1 Å². The van der Waals surface area contributed by atoms with E-state index in [9.17, 15) is 5.11 Å². The van der Waals surface area contributed by atoms with Crippen molar-refractivity contribution >= 4 is 15.9 Å². The lowest BCUT2D eigenvalue weighted by atomic mass is 9.78. The van der Waals surface area contributed by atoms with Crippen LogP contribution in [0, 0.1) is 5.92 Å². The van der Waals surface area contributed by atoms with E-state index in [1.54, 1.807) is 14.2 Å². The first-order chi connectivity index (χ1) is 10.2. The molecule has 0 saturated carbocycles. The molecule has 4 rings (SSSR count). The maximum Gasteiger partial charge on any atom is 0.175 e. The third-order valence-electron chi connectivity index (χ3n) is 4.91. The first kappa shape index (κ1) is 15.1. The monoisotopic (exact) mass is 355 g/mol. The fraction of sp³-hybridized carbons (Fsp3) is 0.625. The Hall–Kier alpha value is -0.780. The summed E-state index contributed by atoms with van der Waals surface area (Å²) >= 11 is 3.63. The first-order valence-electron chi connectivity index (χ1n) is 7.47. The highest BCUT2D eigenvalue weighted by Gasteiger charge is 2.41. The van der Waals surface area contributed by atoms with Gasteiger partial charge in [0.05, 0.1) is 24.8 Å². The molecule has 0 radical (unpaired) electrons. The van der Waals surface area contributed by atoms with Gasteiger partial charge in [0.25, 0.3) is 0 Å². The van der Waals surface area contributed by atoms with Gasteiger partial charge in [-0.3, -0.25) is 4.90 Å². The smallest absolute Gasteiger partial charge is 0.175 e. The summed E-state index contributed by atoms with van der Waals surface area (Å²) in [6.45, 7) is 2.22. The van der Waals surface area contributed by atoms with Crippen molar-refractivity contribution < 1.29 is 14.6 Å². The molecule has 3 fully saturated rings. The van der Waals surface area contributed by atoms with Gasteiger partial charge in [0.15, 0.2) is 11.5 Å². The van der Waals surface area contributed by atoms with Crippen LogP contribution in [0.2, 0.25) is 0 Å². The molecule has 116 valence electrons. The second kappa shape index (κ2) is 6.15. The summed E-state index contributed by atoms with van der Waals surface area (Å²) in [7, 11) is 3.28. The van der Waals surface area contributed by atoms with Gasteiger partial charge in [0.2, 0.25) is 0 Å². The van der Waals surface area contributed by atoms with E-state index in [1.165, 1.54) is 0 Å². The van der Waals surface area contributed by atoms with E-state index in [1.807, 2.05) is 6.07 Å². The highest BCUT2D eigenvalue weighted by molar-refractivity contribution is 9.10. The van der Waals surface area contributed by atoms with Gasteiger partial charge in [0, 0.05) is 6.04 Å². The Morgan fingerprint density at radius 1 is 1.24 bits per heavy atom. The quantitative estimate of drug-likeness (QED) is 0.900. The molecule has 2 unspecified atom stereocenters. The molecule has 0 amide bonds. The molecule has 1 aromatic carbocycles. The van der Waals surface area contributed by atoms with E-state index in [4.69, 9.17) is 9.47 Å². The molecule has 5 heteroatoms. The van der Waals surface area contributed by atoms with Crippen LogP contribution in [0.1, 0.15) is 18.4 Å². The lowest BCUT2D eigenvalue weighted by Crippen LogP contribution is -2.58. The number of hydrogen-bond acceptors (Lipinski definition) is 4. The van der Waals surface area contributed by atoms with Gasteiger partial charge in [-0.05, 0) is 65.8 Å². The summed E-state index contributed by atoms with van der Waals surface area (Å²) in [6.07, 6.45) is 2.88. The molecule has 0 aliphatic carbocycles. The standard InChI is InChI=1S/C16H22BrNO3/c1-20-13-4-3-11(14(17)16(13)21-2)9-12-15(19)10-5-7-18(12)8-6-10/h3-4,10,12,15,19H,5-9H2,1-2H3. The van der Waals surface area contributed by atoms with Crippen molar-refractivity contribution in [3.05, 3.63) is 22.2 Å². The summed E-state index contributed by atoms with van der Waals surface area (Å²) in [5, 5.41) is 10.5. The largest absolute Gasteiger partial charge is 0.493 e. The number of fused-ring (bicyclic) bond motifs is 3. The van der Waals surface area contributed by atoms with Crippen molar-refractivity contribution in [2.24, 2.45) is 5.92 Å². The Labute approximate surface area is 134 Å². The fourth-order valence-corrected chi connectivity index (χ4v) is 4.34. The van der Waals surface area contributed by atoms with Crippen molar-refractivity contribution in [1.29, 1.82) is 0 Å². The maximum atomic E-state index is 10.5. The topological polar surface area (TPSA) is 41.9 Å². The van der Waals surface area contributed by atoms with Gasteiger partial charge < -0.3 is 14.6 Å². The molecule has 2 atom stereocenters. The average Bonchev–Trinajstić information content (AvgIpc) is 2.52. The Bertz CT molecular complexity index is 512. The van der Waals surface area contributed by atoms with E-state index in [0.717, 1.165) is 53.9 Å². The third-order valence-corrected chi connectivity index (χ3v) is 5.78. The zero-order chi connectivity index (χ0) is 15.0. The van der Waals surface area contributed by atoms with Crippen molar-refractivity contribution in [3.63, 3.8) is 0 Å². The number of piperidine rings is 3. The first-order valence-corrected chi connectivity index (χ1v) is 8.26. The van der Waals surface area contributed by atoms with E-state index >= 15 is 0 Å². The molecular formula is C16H22BrNO3. The van der Waals surface area contributed by atoms with Crippen LogP contribution in [-0.2, 0) is 6.42 Å². The van der Waals surface area contributed by atoms with Crippen LogP contribution in [0.5, 0.6) is 11.5 Å². The van der Waals surface area contributed by atoms with Crippen LogP contribution in [0.3, 0.4) is 0 Å². The van der Waals surface area contributed by atoms with Crippen molar-refractivity contribution in [3.8, 4) is 11.5 Å². The van der Waals surface area contributed by atoms with Crippen molar-refractivity contribution in [2.75, 3.05) is 27.3 Å². The average molecular weight is 356 g/mol. The number of ether oxygens (including phenoxy) is 2. The molecule has 0 aromatic heterocycles. The molecule has 0 spiro atoms. The molecule has 3 saturated heterocycles. The Morgan fingerprint density at radius 2 is 1.95 bits per heavy atom. The van der Waals surface area contributed by atoms with E-state index in [2.05, 4.69) is 26.9 Å². The van der Waals surface area contributed by atoms with Crippen molar-refractivity contribution in [2.45, 2.75) is 31.4 Å². The number of rotatable bonds is 4. The molecule has 1 N–H and O–H groups in total. The minimum Gasteiger partial charge on any atom is -0.493 e. The van der Waals surface area contributed by atoms with Gasteiger partial charge in [-0.2, -0.15) is 0 Å². The molecule has 3 aliphatic heterocycles. The summed E-state index contributed by atoms with van der Waals surface area (Å²) in [4.78, 5) is 2.42. The van der Waals surface area contributed by atoms with Gasteiger partial charge in [-0.15, -0.1) is 0 Å². The van der Waals surface area contributed by atoms with Crippen LogP contribution in [0.4, 0.5) is 0 Å². The number of benzene rings is 1. The molecular weight excluding hydrogens is 334 g/mol. The number of halogens is 1. The highest BCUT2D eigenvalue weighted by Crippen LogP contribution is 2.40. The summed E-state index contributed by atoms with van der Waals surface area (Å²) in [5.74, 6) is 1.92. The van der Waals surface area contributed by atoms with E-state index < -0.39 is 0 Å². The molecule has 1 aromatic rings. The number of methoxy groups -OCH3 is 2. The molecule has 2 bridgehead atoms. The number of aliphatic hydroxyl groups is 1. The summed E-state index contributed by atoms with van der Waals surface area (Å²) < 4.78 is 11.7. The van der Waals surface area contributed by atoms with Crippen molar-refractivity contribution in [1.82, 2.24) is 4.90 Å². The second-order valence-electron chi connectivity index (χ2n) is 5.91. The Balaban J connectivity index is 1.85. The summed E-state index contributed by atoms with van der Waals surface area (Å²) in [5.41, 5.74) is 1.16. The Kier molecular flexibility index (Phi) is 4.43. The normalized spacial score (nSPS) is 31.2. The van der Waals surface area contributed by atoms with Gasteiger partial charge in [-0.25, -0.2) is 0 Å². The molecule has 3 heterocycles. The predicted octanol–water partition coefficient (Wildman–Crippen LogP) is 2.46. The zero-order valence-electron chi connectivity index (χ0n) is 12.5. The van der Waals surface area contributed by atoms with Crippen LogP contribution >= 0.6 is 15.9 Å². The lowest BCUT2D eigenvalue weighted by molar-refractivity contribution is -0.0716. The predicted molar refractivity (Wildman–Crippen MR) is 85.0 cm³/mol. The fourth-order valence-electron chi connectivity index (χ4n) is 3.69. The number of hydrogen-bond donors (Lipinski definition) is 1. The SMILES string of the molecule is COc1ccc(CC2C(O)C3CCN2CC3)c(Br)c1OC. The van der Waals surface area contributed by atoms with Gasteiger partial charge in [-0.1, -0.05) is 6.07 Å². The zero-order valence-corrected chi connectivity index (χ0v) is 14.1. The minimum absolute atomic E-state index is 0.215. The minimum atomic E-state index is -0.215. The molecule has 21 heavy (non-hydrogen) atoms. The maximum absolute atomic E-state index is 10.5. The third kappa shape index (κ3) is 2.67. The number of nitrogens with zero attached hydrogens (tertiary/aromatic N) is 1. The van der Waals surface area contributed by atoms with Crippen LogP contribution in [0.15, 0.2) is 16.6 Å². The van der Waals surface area contributed by atoms with E-state index in [0.29, 0.717) is 5.92 Å². The lowest BCUT2D eigenvalue weighted by Gasteiger charge is -2.49. The molecule has 3 aliphatic rings. The molecule has 4 nitrogen and oxygen atoms in total. The van der Waals surface area contributed by atoms with Gasteiger partial charge in [0.1, 0.15) is 0 Å². The van der Waals surface area contributed by atoms with Gasteiger partial charge >= 0.3 is 0 Å². The van der Waals surface area contributed by atoms with Crippen LogP contribution < -0.4 is 9.47 Å². The van der Waals surface area contributed by atoms with Crippen LogP contribution in [-0.4, -0.2) is 49.5 Å². The second-order valence-corrected chi connectivity index (χ2v) is 6.70. The van der Waals surface area contributed by atoms with Crippen LogP contribution in [0.25, 0.3) is 0 Å². The Morgan fingerprint density at radius 3 is 2.52 bits per heavy atom. The summed E-state index contributed by atoms with van der Waals surface area (Å²) in [6, 6.07) is 4.20. The number of aliphatic hydroxyl groups excluding tert-OH is 1.